The molecule has 11 heteroatoms. The molecule has 0 unspecified atom stereocenters. The Hall–Kier alpha value is -2.00. The molecule has 198 valence electrons. The Bertz CT molecular complexity index is 1180. The van der Waals surface area contributed by atoms with Gasteiger partial charge in [0.05, 0.1) is 11.9 Å². The molecule has 0 saturated heterocycles. The van der Waals surface area contributed by atoms with E-state index in [2.05, 4.69) is 5.32 Å². The van der Waals surface area contributed by atoms with Crippen molar-refractivity contribution in [2.45, 2.75) is 46.7 Å². The fourth-order valence-corrected chi connectivity index (χ4v) is 5.24. The monoisotopic (exact) mass is 575 g/mol. The topological polar surface area (TPSA) is 86.8 Å². The number of nitrogens with zero attached hydrogens (tertiary/aromatic N) is 2. The van der Waals surface area contributed by atoms with Crippen LogP contribution in [0, 0.1) is 12.8 Å². The maximum Gasteiger partial charge on any atom is 0.244 e. The number of anilines is 1. The van der Waals surface area contributed by atoms with Gasteiger partial charge in [0.2, 0.25) is 21.8 Å². The van der Waals surface area contributed by atoms with Gasteiger partial charge in [0.25, 0.3) is 0 Å². The zero-order chi connectivity index (χ0) is 27.2. The van der Waals surface area contributed by atoms with Crippen LogP contribution in [0.4, 0.5) is 5.69 Å². The molecule has 2 amide bonds. The molecule has 0 bridgehead atoms. The Morgan fingerprint density at radius 3 is 2.08 bits per heavy atom. The molecule has 0 fully saturated rings. The van der Waals surface area contributed by atoms with Gasteiger partial charge in [-0.15, -0.1) is 0 Å². The zero-order valence-electron chi connectivity index (χ0n) is 21.0. The summed E-state index contributed by atoms with van der Waals surface area (Å²) in [5, 5.41) is 3.91. The maximum absolute atomic E-state index is 13.8. The van der Waals surface area contributed by atoms with Crippen molar-refractivity contribution in [2.75, 3.05) is 23.7 Å². The molecule has 0 aliphatic rings. The summed E-state index contributed by atoms with van der Waals surface area (Å²) in [6, 6.07) is 8.93. The highest BCUT2D eigenvalue weighted by Crippen LogP contribution is 2.30. The number of carbonyl (C=O) groups is 2. The quantitative estimate of drug-likeness (QED) is 0.393. The Labute approximate surface area is 228 Å². The third kappa shape index (κ3) is 7.75. The first-order valence-corrected chi connectivity index (χ1v) is 14.5. The van der Waals surface area contributed by atoms with Crippen LogP contribution in [0.15, 0.2) is 36.4 Å². The molecule has 0 spiro atoms. The van der Waals surface area contributed by atoms with Gasteiger partial charge in [0.1, 0.15) is 12.6 Å². The van der Waals surface area contributed by atoms with Crippen molar-refractivity contribution in [2.24, 2.45) is 5.92 Å². The number of halogens is 3. The number of sulfonamides is 1. The minimum atomic E-state index is -3.87. The van der Waals surface area contributed by atoms with Crippen LogP contribution in [0.25, 0.3) is 0 Å². The van der Waals surface area contributed by atoms with Gasteiger partial charge < -0.3 is 10.2 Å². The van der Waals surface area contributed by atoms with E-state index < -0.39 is 28.5 Å². The van der Waals surface area contributed by atoms with E-state index in [9.17, 15) is 18.0 Å². The van der Waals surface area contributed by atoms with Crippen LogP contribution in [0.3, 0.4) is 0 Å². The molecule has 1 N–H and O–H groups in total. The van der Waals surface area contributed by atoms with Crippen LogP contribution >= 0.6 is 34.8 Å². The summed E-state index contributed by atoms with van der Waals surface area (Å²) in [6.45, 7) is 7.21. The predicted molar refractivity (Wildman–Crippen MR) is 147 cm³/mol. The minimum absolute atomic E-state index is 0.0723. The van der Waals surface area contributed by atoms with E-state index in [1.54, 1.807) is 50.2 Å². The van der Waals surface area contributed by atoms with Crippen LogP contribution in [-0.2, 0) is 26.2 Å². The first kappa shape index (κ1) is 30.2. The van der Waals surface area contributed by atoms with Crippen molar-refractivity contribution >= 4 is 62.3 Å². The van der Waals surface area contributed by atoms with E-state index in [1.165, 1.54) is 4.90 Å². The molecule has 36 heavy (non-hydrogen) atoms. The SMILES string of the molecule is CC[C@H](C(=O)NCC(C)C)N(Cc1c(Cl)cccc1Cl)C(=O)CN(c1cccc(Cl)c1C)S(C)(=O)=O. The Kier molecular flexibility index (Phi) is 10.9. The first-order valence-electron chi connectivity index (χ1n) is 11.5. The van der Waals surface area contributed by atoms with Gasteiger partial charge in [-0.05, 0) is 49.1 Å². The third-order valence-electron chi connectivity index (χ3n) is 5.65. The molecule has 0 heterocycles. The van der Waals surface area contributed by atoms with Gasteiger partial charge in [-0.2, -0.15) is 0 Å². The smallest absolute Gasteiger partial charge is 0.244 e. The highest BCUT2D eigenvalue weighted by atomic mass is 35.5. The summed E-state index contributed by atoms with van der Waals surface area (Å²) < 4.78 is 26.5. The van der Waals surface area contributed by atoms with Crippen molar-refractivity contribution in [1.82, 2.24) is 10.2 Å². The normalized spacial score (nSPS) is 12.4. The van der Waals surface area contributed by atoms with E-state index in [0.29, 0.717) is 39.2 Å². The summed E-state index contributed by atoms with van der Waals surface area (Å²) >= 11 is 19.0. The lowest BCUT2D eigenvalue weighted by molar-refractivity contribution is -0.140. The predicted octanol–water partition coefficient (Wildman–Crippen LogP) is 5.30. The number of hydrogen-bond donors (Lipinski definition) is 1. The van der Waals surface area contributed by atoms with E-state index in [4.69, 9.17) is 34.8 Å². The summed E-state index contributed by atoms with van der Waals surface area (Å²) in [4.78, 5) is 28.2. The summed E-state index contributed by atoms with van der Waals surface area (Å²) in [7, 11) is -3.87. The summed E-state index contributed by atoms with van der Waals surface area (Å²) in [6.07, 6.45) is 1.31. The lowest BCUT2D eigenvalue weighted by Gasteiger charge is -2.33. The van der Waals surface area contributed by atoms with Crippen LogP contribution in [0.1, 0.15) is 38.3 Å². The van der Waals surface area contributed by atoms with Crippen molar-refractivity contribution in [1.29, 1.82) is 0 Å². The Morgan fingerprint density at radius 2 is 1.56 bits per heavy atom. The van der Waals surface area contributed by atoms with E-state index in [-0.39, 0.29) is 24.1 Å². The summed E-state index contributed by atoms with van der Waals surface area (Å²) in [5.41, 5.74) is 1.26. The number of amides is 2. The van der Waals surface area contributed by atoms with Crippen molar-refractivity contribution in [3.05, 3.63) is 62.6 Å². The molecule has 7 nitrogen and oxygen atoms in total. The molecule has 0 radical (unpaired) electrons. The van der Waals surface area contributed by atoms with Gasteiger partial charge >= 0.3 is 0 Å². The van der Waals surface area contributed by atoms with E-state index in [1.807, 2.05) is 13.8 Å². The lowest BCUT2D eigenvalue weighted by atomic mass is 10.1. The molecular weight excluding hydrogens is 545 g/mol. The molecule has 2 aromatic rings. The Morgan fingerprint density at radius 1 is 1.00 bits per heavy atom. The number of rotatable bonds is 11. The lowest BCUT2D eigenvalue weighted by Crippen LogP contribution is -2.52. The zero-order valence-corrected chi connectivity index (χ0v) is 24.1. The fourth-order valence-electron chi connectivity index (χ4n) is 3.66. The standard InChI is InChI=1S/C25H32Cl3N3O4S/c1-6-22(25(33)29-13-16(2)3)30(14-18-20(27)10-7-11-21(18)28)24(32)15-31(36(5,34)35)23-12-8-9-19(26)17(23)4/h7-12,16,22H,6,13-15H2,1-5H3,(H,29,33)/t22-/m1/s1. The van der Waals surface area contributed by atoms with Crippen LogP contribution in [-0.4, -0.2) is 50.5 Å². The average molecular weight is 577 g/mol. The first-order chi connectivity index (χ1) is 16.8. The number of carbonyl (C=O) groups excluding carboxylic acids is 2. The van der Waals surface area contributed by atoms with E-state index >= 15 is 0 Å². The molecule has 0 aliphatic carbocycles. The van der Waals surface area contributed by atoms with Gasteiger partial charge in [-0.25, -0.2) is 8.42 Å². The number of nitrogens with one attached hydrogen (secondary N) is 1. The molecule has 0 saturated carbocycles. The van der Waals surface area contributed by atoms with E-state index in [0.717, 1.165) is 10.6 Å². The second-order valence-corrected chi connectivity index (χ2v) is 12.1. The van der Waals surface area contributed by atoms with Gasteiger partial charge in [-0.3, -0.25) is 13.9 Å². The highest BCUT2D eigenvalue weighted by Gasteiger charge is 2.33. The molecule has 0 aromatic heterocycles. The Balaban J connectivity index is 2.53. The van der Waals surface area contributed by atoms with Crippen LogP contribution in [0.2, 0.25) is 15.1 Å². The third-order valence-corrected chi connectivity index (χ3v) is 7.89. The second kappa shape index (κ2) is 13.0. The van der Waals surface area contributed by atoms with Crippen LogP contribution in [0.5, 0.6) is 0 Å². The molecule has 2 aromatic carbocycles. The minimum Gasteiger partial charge on any atom is -0.354 e. The fraction of sp³-hybridized carbons (Fsp3) is 0.440. The molecular formula is C25H32Cl3N3O4S. The van der Waals surface area contributed by atoms with Gasteiger partial charge in [0, 0.05) is 33.7 Å². The number of benzene rings is 2. The highest BCUT2D eigenvalue weighted by molar-refractivity contribution is 7.92. The second-order valence-electron chi connectivity index (χ2n) is 8.94. The molecule has 2 rings (SSSR count). The largest absolute Gasteiger partial charge is 0.354 e. The van der Waals surface area contributed by atoms with Crippen LogP contribution < -0.4 is 9.62 Å². The van der Waals surface area contributed by atoms with Gasteiger partial charge in [0.15, 0.2) is 0 Å². The van der Waals surface area contributed by atoms with Crippen molar-refractivity contribution in [3.8, 4) is 0 Å². The molecule has 0 aliphatic heterocycles. The average Bonchev–Trinajstić information content (AvgIpc) is 2.79. The molecule has 1 atom stereocenters. The summed E-state index contributed by atoms with van der Waals surface area (Å²) in [5.74, 6) is -0.713. The van der Waals surface area contributed by atoms with Crippen molar-refractivity contribution < 1.29 is 18.0 Å². The van der Waals surface area contributed by atoms with Crippen molar-refractivity contribution in [3.63, 3.8) is 0 Å². The maximum atomic E-state index is 13.8. The number of hydrogen-bond acceptors (Lipinski definition) is 4. The van der Waals surface area contributed by atoms with Gasteiger partial charge in [-0.1, -0.05) is 67.7 Å².